The van der Waals surface area contributed by atoms with Crippen LogP contribution in [0.3, 0.4) is 0 Å². The van der Waals surface area contributed by atoms with Gasteiger partial charge in [0.25, 0.3) is 0 Å². The molecule has 0 radical (unpaired) electrons. The fourth-order valence-electron chi connectivity index (χ4n) is 4.42. The monoisotopic (exact) mass is 490 g/mol. The summed E-state index contributed by atoms with van der Waals surface area (Å²) in [6, 6.07) is 46.2. The average Bonchev–Trinajstić information content (AvgIpc) is 2.87. The molecule has 0 amide bonds. The Bertz CT molecular complexity index is 1320. The molecule has 0 spiro atoms. The number of halogens is 1. The van der Waals surface area contributed by atoms with Crippen LogP contribution in [0.25, 0.3) is 16.8 Å². The highest BCUT2D eigenvalue weighted by Gasteiger charge is 2.36. The third kappa shape index (κ3) is 4.00. The first-order valence-electron chi connectivity index (χ1n) is 10.8. The standard InChI is InChI=1S/C30H23BrSi/c31-27-18-15-24(16-19-27)21-22-32(28-11-3-1-4-12-28,29-13-5-2-6-14-29)30-20-17-25-9-7-8-10-26(25)23-30/h1-23H. The first kappa shape index (κ1) is 20.7. The Morgan fingerprint density at radius 1 is 0.500 bits per heavy atom. The third-order valence-corrected chi connectivity index (χ3v) is 11.0. The molecule has 2 heteroatoms. The highest BCUT2D eigenvalue weighted by Crippen LogP contribution is 2.18. The van der Waals surface area contributed by atoms with Crippen molar-refractivity contribution in [1.82, 2.24) is 0 Å². The van der Waals surface area contributed by atoms with Gasteiger partial charge >= 0.3 is 0 Å². The van der Waals surface area contributed by atoms with Crippen molar-refractivity contribution in [3.63, 3.8) is 0 Å². The Balaban J connectivity index is 1.80. The van der Waals surface area contributed by atoms with Gasteiger partial charge in [0, 0.05) is 4.47 Å². The van der Waals surface area contributed by atoms with Crippen molar-refractivity contribution in [1.29, 1.82) is 0 Å². The molecule has 0 aliphatic heterocycles. The van der Waals surface area contributed by atoms with E-state index in [1.54, 1.807) is 0 Å². The second-order valence-corrected chi connectivity index (χ2v) is 12.6. The number of fused-ring (bicyclic) bond motifs is 1. The molecule has 5 rings (SSSR count). The summed E-state index contributed by atoms with van der Waals surface area (Å²) in [7, 11) is -2.43. The summed E-state index contributed by atoms with van der Waals surface area (Å²) in [5, 5.41) is 6.72. The molecule has 0 fully saturated rings. The minimum absolute atomic E-state index is 1.10. The minimum atomic E-state index is -2.43. The molecular formula is C30H23BrSi. The smallest absolute Gasteiger partial charge is 0.0812 e. The maximum absolute atomic E-state index is 3.55. The van der Waals surface area contributed by atoms with E-state index >= 15 is 0 Å². The van der Waals surface area contributed by atoms with Gasteiger partial charge in [0.2, 0.25) is 0 Å². The van der Waals surface area contributed by atoms with Gasteiger partial charge in [-0.15, -0.1) is 0 Å². The molecule has 154 valence electrons. The minimum Gasteiger partial charge on any atom is -0.0812 e. The van der Waals surface area contributed by atoms with Crippen LogP contribution in [-0.2, 0) is 0 Å². The highest BCUT2D eigenvalue weighted by molar-refractivity contribution is 9.10. The van der Waals surface area contributed by atoms with Gasteiger partial charge in [-0.1, -0.05) is 143 Å². The van der Waals surface area contributed by atoms with Crippen LogP contribution in [0.5, 0.6) is 0 Å². The molecule has 0 heterocycles. The van der Waals surface area contributed by atoms with Gasteiger partial charge in [-0.05, 0) is 44.0 Å². The zero-order valence-electron chi connectivity index (χ0n) is 17.7. The molecule has 0 N–H and O–H groups in total. The predicted octanol–water partition coefficient (Wildman–Crippen LogP) is 6.33. The van der Waals surface area contributed by atoms with Gasteiger partial charge in [-0.3, -0.25) is 0 Å². The van der Waals surface area contributed by atoms with E-state index in [1.165, 1.54) is 31.9 Å². The molecule has 0 saturated carbocycles. The summed E-state index contributed by atoms with van der Waals surface area (Å²) in [6.07, 6.45) is 2.30. The number of rotatable bonds is 5. The fraction of sp³-hybridized carbons (Fsp3) is 0. The van der Waals surface area contributed by atoms with Crippen LogP contribution in [0.15, 0.2) is 138 Å². The SMILES string of the molecule is Brc1ccc(C=C[Si](c2ccccc2)(c2ccccc2)c2ccc3ccccc3c2)cc1. The molecule has 0 bridgehead atoms. The lowest BCUT2D eigenvalue weighted by molar-refractivity contribution is 1.61. The van der Waals surface area contributed by atoms with E-state index < -0.39 is 8.07 Å². The first-order chi connectivity index (χ1) is 15.8. The van der Waals surface area contributed by atoms with Crippen molar-refractivity contribution in [2.75, 3.05) is 0 Å². The molecule has 0 aliphatic rings. The van der Waals surface area contributed by atoms with E-state index in [2.05, 4.69) is 155 Å². The third-order valence-electron chi connectivity index (χ3n) is 6.06. The molecule has 5 aromatic carbocycles. The fourth-order valence-corrected chi connectivity index (χ4v) is 8.87. The van der Waals surface area contributed by atoms with E-state index in [-0.39, 0.29) is 0 Å². The van der Waals surface area contributed by atoms with Crippen LogP contribution in [0, 0.1) is 0 Å². The topological polar surface area (TPSA) is 0 Å². The van der Waals surface area contributed by atoms with Crippen molar-refractivity contribution in [3.05, 3.63) is 143 Å². The second kappa shape index (κ2) is 9.11. The van der Waals surface area contributed by atoms with Crippen molar-refractivity contribution in [3.8, 4) is 0 Å². The Hall–Kier alpha value is -3.20. The molecule has 0 aromatic heterocycles. The number of hydrogen-bond donors (Lipinski definition) is 0. The predicted molar refractivity (Wildman–Crippen MR) is 145 cm³/mol. The molecule has 0 unspecified atom stereocenters. The van der Waals surface area contributed by atoms with Crippen LogP contribution in [0.2, 0.25) is 0 Å². The van der Waals surface area contributed by atoms with Crippen LogP contribution < -0.4 is 15.6 Å². The Morgan fingerprint density at radius 3 is 1.69 bits per heavy atom. The maximum atomic E-state index is 3.55. The van der Waals surface area contributed by atoms with Gasteiger partial charge < -0.3 is 0 Å². The summed E-state index contributed by atoms with van der Waals surface area (Å²) < 4.78 is 1.10. The van der Waals surface area contributed by atoms with E-state index in [0.717, 1.165) is 4.47 Å². The number of hydrogen-bond acceptors (Lipinski definition) is 0. The van der Waals surface area contributed by atoms with Crippen LogP contribution in [0.4, 0.5) is 0 Å². The Morgan fingerprint density at radius 2 is 1.06 bits per heavy atom. The summed E-state index contributed by atoms with van der Waals surface area (Å²) in [6.45, 7) is 0. The lowest BCUT2D eigenvalue weighted by Crippen LogP contribution is -2.66. The van der Waals surface area contributed by atoms with E-state index in [1.807, 2.05) is 0 Å². The van der Waals surface area contributed by atoms with Gasteiger partial charge in [0.1, 0.15) is 0 Å². The van der Waals surface area contributed by atoms with E-state index in [9.17, 15) is 0 Å². The zero-order valence-corrected chi connectivity index (χ0v) is 20.2. The van der Waals surface area contributed by atoms with Gasteiger partial charge in [-0.2, -0.15) is 0 Å². The van der Waals surface area contributed by atoms with Crippen LogP contribution in [0.1, 0.15) is 5.56 Å². The zero-order chi connectivity index (χ0) is 21.8. The first-order valence-corrected chi connectivity index (χ1v) is 13.7. The molecule has 0 nitrogen and oxygen atoms in total. The number of benzene rings is 5. The van der Waals surface area contributed by atoms with Crippen molar-refractivity contribution >= 4 is 56.4 Å². The van der Waals surface area contributed by atoms with Crippen molar-refractivity contribution in [2.24, 2.45) is 0 Å². The molecule has 0 aliphatic carbocycles. The second-order valence-electron chi connectivity index (χ2n) is 7.99. The highest BCUT2D eigenvalue weighted by atomic mass is 79.9. The van der Waals surface area contributed by atoms with Gasteiger partial charge in [0.15, 0.2) is 8.07 Å². The Labute approximate surface area is 199 Å². The molecule has 5 aromatic rings. The van der Waals surface area contributed by atoms with Crippen LogP contribution in [-0.4, -0.2) is 8.07 Å². The lowest BCUT2D eigenvalue weighted by atomic mass is 10.1. The normalized spacial score (nSPS) is 11.8. The van der Waals surface area contributed by atoms with Crippen molar-refractivity contribution in [2.45, 2.75) is 0 Å². The lowest BCUT2D eigenvalue weighted by Gasteiger charge is -2.31. The molecule has 0 saturated heterocycles. The molecule has 0 atom stereocenters. The summed E-state index contributed by atoms with van der Waals surface area (Å²) in [4.78, 5) is 0. The van der Waals surface area contributed by atoms with Gasteiger partial charge in [-0.25, -0.2) is 0 Å². The summed E-state index contributed by atoms with van der Waals surface area (Å²) in [5.74, 6) is 0. The quantitative estimate of drug-likeness (QED) is 0.199. The molecular weight excluding hydrogens is 468 g/mol. The summed E-state index contributed by atoms with van der Waals surface area (Å²) >= 11 is 3.55. The van der Waals surface area contributed by atoms with Gasteiger partial charge in [0.05, 0.1) is 0 Å². The van der Waals surface area contributed by atoms with Crippen LogP contribution >= 0.6 is 15.9 Å². The average molecular weight is 492 g/mol. The van der Waals surface area contributed by atoms with Crippen molar-refractivity contribution < 1.29 is 0 Å². The van der Waals surface area contributed by atoms with E-state index in [0.29, 0.717) is 0 Å². The molecule has 32 heavy (non-hydrogen) atoms. The maximum Gasteiger partial charge on any atom is 0.172 e. The Kier molecular flexibility index (Phi) is 5.89. The van der Waals surface area contributed by atoms with E-state index in [4.69, 9.17) is 0 Å². The summed E-state index contributed by atoms with van der Waals surface area (Å²) in [5.41, 5.74) is 3.70. The largest absolute Gasteiger partial charge is 0.172 e.